The van der Waals surface area contributed by atoms with Gasteiger partial charge < -0.3 is 19.4 Å². The molecule has 0 radical (unpaired) electrons. The number of para-hydroxylation sites is 1. The number of ether oxygens (including phenoxy) is 2. The van der Waals surface area contributed by atoms with E-state index in [2.05, 4.69) is 10.6 Å². The topological polar surface area (TPSA) is 129 Å². The lowest BCUT2D eigenvalue weighted by molar-refractivity contribution is -0.188. The molecule has 0 unspecified atom stereocenters. The molecule has 212 valence electrons. The van der Waals surface area contributed by atoms with Gasteiger partial charge in [0.25, 0.3) is 11.5 Å². The van der Waals surface area contributed by atoms with E-state index in [0.29, 0.717) is 23.5 Å². The number of carbonyl (C=O) groups excluding carboxylic acids is 3. The quantitative estimate of drug-likeness (QED) is 0.237. The van der Waals surface area contributed by atoms with E-state index in [-0.39, 0.29) is 34.8 Å². The summed E-state index contributed by atoms with van der Waals surface area (Å²) >= 11 is 5.17. The van der Waals surface area contributed by atoms with Crippen molar-refractivity contribution < 1.29 is 23.9 Å². The van der Waals surface area contributed by atoms with E-state index in [9.17, 15) is 19.2 Å². The van der Waals surface area contributed by atoms with Crippen molar-refractivity contribution in [1.82, 2.24) is 20.2 Å². The number of thiocarbonyl (C=S) groups is 1. The first-order chi connectivity index (χ1) is 20.2. The molecule has 0 saturated carbocycles. The van der Waals surface area contributed by atoms with E-state index in [4.69, 9.17) is 26.7 Å². The average Bonchev–Trinajstić information content (AvgIpc) is 3.34. The van der Waals surface area contributed by atoms with Gasteiger partial charge in [-0.1, -0.05) is 42.8 Å². The first-order valence-corrected chi connectivity index (χ1v) is 13.8. The summed E-state index contributed by atoms with van der Waals surface area (Å²) in [5.74, 6) is -2.03. The molecule has 0 spiro atoms. The van der Waals surface area contributed by atoms with Gasteiger partial charge in [0.15, 0.2) is 5.11 Å². The molecular weight excluding hydrogens is 556 g/mol. The smallest absolute Gasteiger partial charge is 0.355 e. The molecule has 0 aliphatic carbocycles. The van der Waals surface area contributed by atoms with Crippen molar-refractivity contribution >= 4 is 46.1 Å². The van der Waals surface area contributed by atoms with Gasteiger partial charge in [-0.15, -0.1) is 0 Å². The fourth-order valence-corrected chi connectivity index (χ4v) is 5.55. The van der Waals surface area contributed by atoms with Crippen LogP contribution in [0.2, 0.25) is 0 Å². The average molecular weight is 583 g/mol. The zero-order valence-corrected chi connectivity index (χ0v) is 23.7. The molecule has 2 aromatic carbocycles. The summed E-state index contributed by atoms with van der Waals surface area (Å²) in [5, 5.41) is 6.03. The van der Waals surface area contributed by atoms with Crippen LogP contribution in [0.25, 0.3) is 22.3 Å². The van der Waals surface area contributed by atoms with Crippen LogP contribution in [0.3, 0.4) is 0 Å². The molecule has 0 saturated heterocycles. The van der Waals surface area contributed by atoms with Gasteiger partial charge in [-0.2, -0.15) is 0 Å². The Labute approximate surface area is 245 Å². The first kappa shape index (κ1) is 27.3. The zero-order chi connectivity index (χ0) is 29.6. The van der Waals surface area contributed by atoms with Crippen LogP contribution in [0.4, 0.5) is 0 Å². The molecule has 2 aliphatic heterocycles. The van der Waals surface area contributed by atoms with Gasteiger partial charge in [-0.3, -0.25) is 19.7 Å². The molecule has 4 heterocycles. The molecule has 2 aromatic heterocycles. The number of aryl methyl sites for hydroxylation is 1. The van der Waals surface area contributed by atoms with E-state index in [1.807, 2.05) is 37.3 Å². The van der Waals surface area contributed by atoms with Crippen LogP contribution in [0.1, 0.15) is 46.0 Å². The maximum Gasteiger partial charge on any atom is 0.355 e. The molecule has 4 aromatic rings. The van der Waals surface area contributed by atoms with Crippen molar-refractivity contribution in [1.29, 1.82) is 0 Å². The number of nitrogens with zero attached hydrogens (tertiary/aromatic N) is 2. The van der Waals surface area contributed by atoms with Gasteiger partial charge in [0.2, 0.25) is 5.60 Å². The number of pyridine rings is 2. The van der Waals surface area contributed by atoms with Gasteiger partial charge in [0, 0.05) is 22.1 Å². The van der Waals surface area contributed by atoms with E-state index in [1.165, 1.54) is 0 Å². The van der Waals surface area contributed by atoms with Gasteiger partial charge >= 0.3 is 11.9 Å². The van der Waals surface area contributed by atoms with Crippen LogP contribution in [-0.4, -0.2) is 39.1 Å². The number of esters is 2. The molecule has 0 fully saturated rings. The SMILES string of the molecule is CC[C@@]1(OC(=O)CNC(=S)NC(=O)c2ccc(C)cc2)C(=O)OCc2c1cc1n(c2=O)Cc2cc3ccccc3nc2-1. The van der Waals surface area contributed by atoms with E-state index in [1.54, 1.807) is 41.8 Å². The highest BCUT2D eigenvalue weighted by Crippen LogP contribution is 2.40. The highest BCUT2D eigenvalue weighted by molar-refractivity contribution is 7.80. The third-order valence-corrected chi connectivity index (χ3v) is 7.85. The number of fused-ring (bicyclic) bond motifs is 5. The normalized spacial score (nSPS) is 16.6. The van der Waals surface area contributed by atoms with E-state index in [0.717, 1.165) is 22.0 Å². The molecule has 2 aliphatic rings. The number of cyclic esters (lactones) is 1. The number of hydrogen-bond donors (Lipinski definition) is 2. The van der Waals surface area contributed by atoms with Gasteiger partial charge in [0.05, 0.1) is 29.0 Å². The van der Waals surface area contributed by atoms with Crippen LogP contribution in [-0.2, 0) is 37.8 Å². The van der Waals surface area contributed by atoms with Crippen molar-refractivity contribution in [2.75, 3.05) is 6.54 Å². The Kier molecular flexibility index (Phi) is 6.82. The summed E-state index contributed by atoms with van der Waals surface area (Å²) < 4.78 is 12.8. The van der Waals surface area contributed by atoms with Crippen LogP contribution >= 0.6 is 12.2 Å². The molecule has 10 nitrogen and oxygen atoms in total. The Hall–Kier alpha value is -4.90. The van der Waals surface area contributed by atoms with Crippen molar-refractivity contribution in [3.63, 3.8) is 0 Å². The number of rotatable bonds is 5. The van der Waals surface area contributed by atoms with Crippen molar-refractivity contribution in [2.45, 2.75) is 39.0 Å². The van der Waals surface area contributed by atoms with E-state index >= 15 is 0 Å². The summed E-state index contributed by atoms with van der Waals surface area (Å²) in [6.07, 6.45) is 0.0279. The molecular formula is C31H26N4O6S. The second kappa shape index (κ2) is 10.5. The lowest BCUT2D eigenvalue weighted by atomic mass is 9.85. The maximum absolute atomic E-state index is 13.7. The third kappa shape index (κ3) is 4.61. The highest BCUT2D eigenvalue weighted by atomic mass is 32.1. The molecule has 1 amide bonds. The summed E-state index contributed by atoms with van der Waals surface area (Å²) in [5.41, 5.74) is 2.61. The van der Waals surface area contributed by atoms with Crippen molar-refractivity contribution in [2.24, 2.45) is 0 Å². The molecule has 11 heteroatoms. The second-order valence-corrected chi connectivity index (χ2v) is 10.6. The van der Waals surface area contributed by atoms with Crippen molar-refractivity contribution in [3.05, 3.63) is 98.8 Å². The Morgan fingerprint density at radius 1 is 1.12 bits per heavy atom. The number of aromatic nitrogens is 2. The monoisotopic (exact) mass is 582 g/mol. The lowest BCUT2D eigenvalue weighted by Crippen LogP contribution is -2.49. The number of carbonyl (C=O) groups is 3. The van der Waals surface area contributed by atoms with Gasteiger partial charge in [-0.05, 0) is 55.9 Å². The highest BCUT2D eigenvalue weighted by Gasteiger charge is 2.50. The number of hydrogen-bond acceptors (Lipinski definition) is 8. The minimum absolute atomic E-state index is 0.0279. The molecule has 1 atom stereocenters. The summed E-state index contributed by atoms with van der Waals surface area (Å²) in [6, 6.07) is 18.3. The minimum atomic E-state index is -1.84. The zero-order valence-electron chi connectivity index (χ0n) is 22.9. The number of amides is 1. The predicted octanol–water partition coefficient (Wildman–Crippen LogP) is 3.24. The largest absolute Gasteiger partial charge is 0.457 e. The summed E-state index contributed by atoms with van der Waals surface area (Å²) in [7, 11) is 0. The van der Waals surface area contributed by atoms with Crippen LogP contribution in [0.15, 0.2) is 65.5 Å². The van der Waals surface area contributed by atoms with Crippen LogP contribution in [0, 0.1) is 6.92 Å². The van der Waals surface area contributed by atoms with Gasteiger partial charge in [-0.25, -0.2) is 9.78 Å². The summed E-state index contributed by atoms with van der Waals surface area (Å²) in [6.45, 7) is 3.25. The molecule has 6 rings (SSSR count). The standard InChI is InChI=1S/C31H26N4O6S/c1-3-31(41-25(36)14-32-30(42)34-27(37)18-10-8-17(2)9-11-18)22-13-24-26-20(12-19-6-4-5-7-23(19)33-26)15-35(24)28(38)21(22)16-40-29(31)39/h4-13H,3,14-16H2,1-2H3,(H2,32,34,37,42)/t31-/m0/s1. The van der Waals surface area contributed by atoms with Crippen LogP contribution < -0.4 is 16.2 Å². The fraction of sp³-hybridized carbons (Fsp3) is 0.226. The lowest BCUT2D eigenvalue weighted by Gasteiger charge is -2.35. The maximum atomic E-state index is 13.7. The number of benzene rings is 2. The fourth-order valence-electron chi connectivity index (χ4n) is 5.39. The minimum Gasteiger partial charge on any atom is -0.457 e. The first-order valence-electron chi connectivity index (χ1n) is 13.4. The Balaban J connectivity index is 1.25. The molecule has 0 bridgehead atoms. The molecule has 42 heavy (non-hydrogen) atoms. The molecule has 2 N–H and O–H groups in total. The Morgan fingerprint density at radius 3 is 2.64 bits per heavy atom. The number of nitrogens with one attached hydrogen (secondary N) is 2. The van der Waals surface area contributed by atoms with Crippen molar-refractivity contribution in [3.8, 4) is 11.4 Å². The predicted molar refractivity (Wildman–Crippen MR) is 158 cm³/mol. The van der Waals surface area contributed by atoms with Crippen LogP contribution in [0.5, 0.6) is 0 Å². The van der Waals surface area contributed by atoms with E-state index < -0.39 is 30.0 Å². The summed E-state index contributed by atoms with van der Waals surface area (Å²) in [4.78, 5) is 57.1. The Morgan fingerprint density at radius 2 is 1.88 bits per heavy atom. The third-order valence-electron chi connectivity index (χ3n) is 7.61. The Bertz CT molecular complexity index is 1870. The van der Waals surface area contributed by atoms with Gasteiger partial charge in [0.1, 0.15) is 13.2 Å². The second-order valence-electron chi connectivity index (χ2n) is 10.2.